The molecule has 3 aromatic heterocycles. The summed E-state index contributed by atoms with van der Waals surface area (Å²) in [6, 6.07) is 11.7. The fourth-order valence-electron chi connectivity index (χ4n) is 3.51. The van der Waals surface area contributed by atoms with Crippen molar-refractivity contribution in [1.82, 2.24) is 14.5 Å². The van der Waals surface area contributed by atoms with Gasteiger partial charge in [-0.2, -0.15) is 0 Å². The smallest absolute Gasteiger partial charge is 0.296 e. The number of aromatic nitrogens is 3. The second-order valence-corrected chi connectivity index (χ2v) is 7.58. The Balaban J connectivity index is 1.77. The molecule has 0 bridgehead atoms. The molecule has 9 heteroatoms. The van der Waals surface area contributed by atoms with Crippen molar-refractivity contribution in [2.75, 3.05) is 12.4 Å². The van der Waals surface area contributed by atoms with Crippen molar-refractivity contribution in [3.05, 3.63) is 87.1 Å². The van der Waals surface area contributed by atoms with E-state index < -0.39 is 11.7 Å². The molecule has 0 radical (unpaired) electrons. The van der Waals surface area contributed by atoms with Crippen LogP contribution in [0.4, 0.5) is 5.69 Å². The Kier molecular flexibility index (Phi) is 5.79. The Bertz CT molecular complexity index is 1390. The third-order valence-corrected chi connectivity index (χ3v) is 5.34. The number of hydrogen-bond acceptors (Lipinski definition) is 5. The van der Waals surface area contributed by atoms with Crippen LogP contribution in [0.5, 0.6) is 5.75 Å². The predicted molar refractivity (Wildman–Crippen MR) is 122 cm³/mol. The van der Waals surface area contributed by atoms with E-state index in [4.69, 9.17) is 16.3 Å². The van der Waals surface area contributed by atoms with Gasteiger partial charge in [0, 0.05) is 40.6 Å². The number of aromatic amines is 1. The Labute approximate surface area is 187 Å². The van der Waals surface area contributed by atoms with Gasteiger partial charge in [0.1, 0.15) is 11.4 Å². The summed E-state index contributed by atoms with van der Waals surface area (Å²) in [5.74, 6) is -1.13. The second-order valence-electron chi connectivity index (χ2n) is 7.14. The molecule has 0 unspecified atom stereocenters. The Hall–Kier alpha value is -3.91. The maximum Gasteiger partial charge on any atom is 0.296 e. The summed E-state index contributed by atoms with van der Waals surface area (Å²) < 4.78 is 7.14. The zero-order valence-corrected chi connectivity index (χ0v) is 18.1. The predicted octanol–water partition coefficient (Wildman–Crippen LogP) is 3.56. The largest absolute Gasteiger partial charge is 0.495 e. The summed E-state index contributed by atoms with van der Waals surface area (Å²) in [6.45, 7) is 2.19. The van der Waals surface area contributed by atoms with Gasteiger partial charge in [-0.3, -0.25) is 14.4 Å². The number of amides is 1. The fraction of sp³-hybridized carbons (Fsp3) is 0.130. The third-order valence-electron chi connectivity index (χ3n) is 5.09. The topological polar surface area (TPSA) is 106 Å². The molecule has 32 heavy (non-hydrogen) atoms. The molecule has 0 aliphatic rings. The highest BCUT2D eigenvalue weighted by Gasteiger charge is 2.26. The van der Waals surface area contributed by atoms with Crippen molar-refractivity contribution in [3.8, 4) is 5.75 Å². The van der Waals surface area contributed by atoms with Crippen molar-refractivity contribution >= 4 is 40.0 Å². The number of carbonyl (C=O) groups is 2. The fourth-order valence-corrected chi connectivity index (χ4v) is 3.64. The SMILES string of the molecule is COc1cnc2c(c1)c(C(=O)C(=O)Nc1cc[nH]c(=O)c1)c(C)n2Cc1ccc(Cl)cc1. The van der Waals surface area contributed by atoms with Crippen LogP contribution in [-0.2, 0) is 11.3 Å². The quantitative estimate of drug-likeness (QED) is 0.345. The van der Waals surface area contributed by atoms with E-state index in [0.717, 1.165) is 5.56 Å². The lowest BCUT2D eigenvalue weighted by Crippen LogP contribution is -2.24. The van der Waals surface area contributed by atoms with Gasteiger partial charge in [-0.15, -0.1) is 0 Å². The number of Topliss-reactive ketones (excluding diaryl/α,β-unsaturated/α-hetero) is 1. The average molecular weight is 451 g/mol. The van der Waals surface area contributed by atoms with Gasteiger partial charge in [0.15, 0.2) is 0 Å². The van der Waals surface area contributed by atoms with Gasteiger partial charge in [-0.25, -0.2) is 4.98 Å². The van der Waals surface area contributed by atoms with Crippen LogP contribution in [0.2, 0.25) is 5.02 Å². The first kappa shape index (κ1) is 21.3. The van der Waals surface area contributed by atoms with Crippen molar-refractivity contribution in [2.24, 2.45) is 0 Å². The van der Waals surface area contributed by atoms with Crippen molar-refractivity contribution in [3.63, 3.8) is 0 Å². The molecule has 0 saturated heterocycles. The van der Waals surface area contributed by atoms with Gasteiger partial charge in [0.05, 0.1) is 18.9 Å². The van der Waals surface area contributed by atoms with Crippen molar-refractivity contribution < 1.29 is 14.3 Å². The summed E-state index contributed by atoms with van der Waals surface area (Å²) in [5, 5.41) is 3.61. The number of benzene rings is 1. The van der Waals surface area contributed by atoms with E-state index in [0.29, 0.717) is 34.0 Å². The van der Waals surface area contributed by atoms with Crippen LogP contribution < -0.4 is 15.6 Å². The lowest BCUT2D eigenvalue weighted by molar-refractivity contribution is -0.112. The van der Waals surface area contributed by atoms with Gasteiger partial charge in [-0.05, 0) is 36.8 Å². The number of nitrogens with zero attached hydrogens (tertiary/aromatic N) is 2. The first-order valence-corrected chi connectivity index (χ1v) is 10.1. The van der Waals surface area contributed by atoms with Crippen molar-refractivity contribution in [1.29, 1.82) is 0 Å². The Morgan fingerprint density at radius 1 is 1.19 bits per heavy atom. The molecule has 0 saturated carbocycles. The van der Waals surface area contributed by atoms with Crippen LogP contribution in [0.1, 0.15) is 21.6 Å². The van der Waals surface area contributed by atoms with Crippen LogP contribution in [-0.4, -0.2) is 33.3 Å². The number of ketones is 1. The summed E-state index contributed by atoms with van der Waals surface area (Å²) in [6.07, 6.45) is 2.95. The molecule has 0 atom stereocenters. The summed E-state index contributed by atoms with van der Waals surface area (Å²) in [5.41, 5.74) is 2.15. The number of methoxy groups -OCH3 is 1. The Morgan fingerprint density at radius 2 is 1.94 bits per heavy atom. The number of nitrogens with one attached hydrogen (secondary N) is 2. The van der Waals surface area contributed by atoms with Crippen LogP contribution in [0.3, 0.4) is 0 Å². The molecule has 2 N–H and O–H groups in total. The molecule has 0 aliphatic carbocycles. The van der Waals surface area contributed by atoms with Gasteiger partial charge in [-0.1, -0.05) is 23.7 Å². The zero-order chi connectivity index (χ0) is 22.8. The molecule has 8 nitrogen and oxygen atoms in total. The first-order chi connectivity index (χ1) is 15.4. The lowest BCUT2D eigenvalue weighted by Gasteiger charge is -2.09. The molecule has 0 spiro atoms. The highest BCUT2D eigenvalue weighted by atomic mass is 35.5. The minimum Gasteiger partial charge on any atom is -0.495 e. The van der Waals surface area contributed by atoms with E-state index in [9.17, 15) is 14.4 Å². The summed E-state index contributed by atoms with van der Waals surface area (Å²) in [7, 11) is 1.50. The van der Waals surface area contributed by atoms with Crippen LogP contribution in [0.25, 0.3) is 11.0 Å². The van der Waals surface area contributed by atoms with E-state index >= 15 is 0 Å². The monoisotopic (exact) mass is 450 g/mol. The first-order valence-electron chi connectivity index (χ1n) is 9.69. The van der Waals surface area contributed by atoms with E-state index in [2.05, 4.69) is 15.3 Å². The zero-order valence-electron chi connectivity index (χ0n) is 17.3. The van der Waals surface area contributed by atoms with Gasteiger partial charge in [0.25, 0.3) is 11.7 Å². The summed E-state index contributed by atoms with van der Waals surface area (Å²) >= 11 is 5.99. The van der Waals surface area contributed by atoms with E-state index in [1.165, 1.54) is 25.4 Å². The lowest BCUT2D eigenvalue weighted by atomic mass is 10.1. The number of ether oxygens (including phenoxy) is 1. The molecular weight excluding hydrogens is 432 g/mol. The minimum absolute atomic E-state index is 0.225. The molecule has 4 rings (SSSR count). The minimum atomic E-state index is -0.855. The number of H-pyrrole nitrogens is 1. The Morgan fingerprint density at radius 3 is 2.62 bits per heavy atom. The number of rotatable bonds is 6. The number of carbonyl (C=O) groups excluding carboxylic acids is 2. The van der Waals surface area contributed by atoms with Crippen LogP contribution in [0, 0.1) is 6.92 Å². The second kappa shape index (κ2) is 8.68. The normalized spacial score (nSPS) is 10.8. The van der Waals surface area contributed by atoms with E-state index in [-0.39, 0.29) is 16.8 Å². The highest BCUT2D eigenvalue weighted by molar-refractivity contribution is 6.48. The molecule has 0 aliphatic heterocycles. The number of fused-ring (bicyclic) bond motifs is 1. The van der Waals surface area contributed by atoms with Crippen LogP contribution >= 0.6 is 11.6 Å². The van der Waals surface area contributed by atoms with E-state index in [1.807, 2.05) is 16.7 Å². The number of pyridine rings is 2. The standard InChI is InChI=1S/C23H19ClN4O4/c1-13-20(21(30)23(31)27-16-7-8-25-19(29)9-16)18-10-17(32-2)11-26-22(18)28(13)12-14-3-5-15(24)6-4-14/h3-11H,12H2,1-2H3,(H2,25,27,29,31). The molecule has 1 amide bonds. The molecule has 0 fully saturated rings. The maximum atomic E-state index is 13.2. The molecule has 3 heterocycles. The maximum absolute atomic E-state index is 13.2. The molecular formula is C23H19ClN4O4. The van der Waals surface area contributed by atoms with Gasteiger partial charge < -0.3 is 19.6 Å². The van der Waals surface area contributed by atoms with Crippen molar-refractivity contribution in [2.45, 2.75) is 13.5 Å². The third kappa shape index (κ3) is 4.13. The van der Waals surface area contributed by atoms with Crippen LogP contribution in [0.15, 0.2) is 59.7 Å². The van der Waals surface area contributed by atoms with Gasteiger partial charge >= 0.3 is 0 Å². The molecule has 1 aromatic carbocycles. The number of halogens is 1. The summed E-state index contributed by atoms with van der Waals surface area (Å²) in [4.78, 5) is 44.3. The van der Waals surface area contributed by atoms with Gasteiger partial charge in [0.2, 0.25) is 5.56 Å². The average Bonchev–Trinajstić information content (AvgIpc) is 3.05. The number of anilines is 1. The van der Waals surface area contributed by atoms with E-state index in [1.54, 1.807) is 31.3 Å². The molecule has 162 valence electrons. The highest BCUT2D eigenvalue weighted by Crippen LogP contribution is 2.29. The number of hydrogen-bond donors (Lipinski definition) is 2. The molecule has 4 aromatic rings.